The van der Waals surface area contributed by atoms with E-state index in [-0.39, 0.29) is 0 Å². The van der Waals surface area contributed by atoms with Gasteiger partial charge in [-0.2, -0.15) is 9.97 Å². The Morgan fingerprint density at radius 3 is 1.81 bits per heavy atom. The lowest BCUT2D eigenvalue weighted by Crippen LogP contribution is -2.07. The lowest BCUT2D eigenvalue weighted by atomic mass is 9.94. The Bertz CT molecular complexity index is 3650. The number of rotatable bonds is 3. The summed E-state index contributed by atoms with van der Waals surface area (Å²) in [6.07, 6.45) is 0. The van der Waals surface area contributed by atoms with E-state index in [4.69, 9.17) is 15.0 Å². The average Bonchev–Trinajstić information content (AvgIpc) is 3.92. The zero-order valence-electron chi connectivity index (χ0n) is 30.4. The van der Waals surface area contributed by atoms with E-state index in [0.717, 1.165) is 44.1 Å². The number of hydrogen-bond donors (Lipinski definition) is 0. The molecule has 0 saturated carbocycles. The first kappa shape index (κ1) is 30.9. The number of para-hydroxylation sites is 3. The van der Waals surface area contributed by atoms with Gasteiger partial charge in [0.1, 0.15) is 0 Å². The standard InChI is InChI=1S/C51H29N5S/c1-2-14-30(15-3-1)49-52-50(40-23-13-27-44-45(40)39-20-8-11-26-43(39)57-44)54-51(53-49)56-42-25-10-7-19-34(42)37-28-29-38-36-22-12-21-35-32-17-5-4-16-31(32)33-18-6-9-24-41(33)55(46(35)36)47(38)48(37)56/h1-29H. The highest BCUT2D eigenvalue weighted by Crippen LogP contribution is 2.49. The third-order valence-electron chi connectivity index (χ3n) is 11.7. The predicted octanol–water partition coefficient (Wildman–Crippen LogP) is 13.4. The first-order valence-electron chi connectivity index (χ1n) is 19.2. The van der Waals surface area contributed by atoms with Crippen LogP contribution < -0.4 is 0 Å². The topological polar surface area (TPSA) is 48.5 Å². The lowest BCUT2D eigenvalue weighted by Gasteiger charge is -2.15. The molecule has 5 heterocycles. The van der Waals surface area contributed by atoms with Crippen molar-refractivity contribution in [2.24, 2.45) is 0 Å². The number of fused-ring (bicyclic) bond motifs is 15. The van der Waals surface area contributed by atoms with E-state index in [0.29, 0.717) is 17.6 Å². The summed E-state index contributed by atoms with van der Waals surface area (Å²) < 4.78 is 7.25. The van der Waals surface area contributed by atoms with Crippen LogP contribution in [0, 0.1) is 0 Å². The zero-order valence-corrected chi connectivity index (χ0v) is 31.2. The quantitative estimate of drug-likeness (QED) is 0.181. The van der Waals surface area contributed by atoms with Crippen LogP contribution in [0.4, 0.5) is 0 Å². The highest BCUT2D eigenvalue weighted by atomic mass is 32.1. The number of nitrogens with zero attached hydrogens (tertiary/aromatic N) is 5. The van der Waals surface area contributed by atoms with Crippen molar-refractivity contribution in [1.82, 2.24) is 24.1 Å². The van der Waals surface area contributed by atoms with Gasteiger partial charge in [-0.05, 0) is 35.4 Å². The molecule has 0 radical (unpaired) electrons. The molecule has 0 fully saturated rings. The van der Waals surface area contributed by atoms with Crippen molar-refractivity contribution >= 4 is 75.1 Å². The molecule has 0 N–H and O–H groups in total. The summed E-state index contributed by atoms with van der Waals surface area (Å²) in [5.74, 6) is 1.86. The van der Waals surface area contributed by atoms with Crippen LogP contribution in [0.25, 0.3) is 120 Å². The highest BCUT2D eigenvalue weighted by Gasteiger charge is 2.28. The van der Waals surface area contributed by atoms with Crippen molar-refractivity contribution in [3.05, 3.63) is 176 Å². The van der Waals surface area contributed by atoms with E-state index in [2.05, 4.69) is 167 Å². The van der Waals surface area contributed by atoms with E-state index in [1.54, 1.807) is 11.3 Å². The van der Waals surface area contributed by atoms with Gasteiger partial charge in [0, 0.05) is 64.0 Å². The third kappa shape index (κ3) is 4.25. The number of benzene rings is 8. The largest absolute Gasteiger partial charge is 0.306 e. The van der Waals surface area contributed by atoms with E-state index in [1.807, 2.05) is 18.2 Å². The lowest BCUT2D eigenvalue weighted by molar-refractivity contribution is 0.954. The summed E-state index contributed by atoms with van der Waals surface area (Å²) in [5.41, 5.74) is 12.4. The first-order chi connectivity index (χ1) is 28.3. The van der Waals surface area contributed by atoms with Crippen LogP contribution in [0.15, 0.2) is 176 Å². The van der Waals surface area contributed by atoms with Gasteiger partial charge in [-0.25, -0.2) is 4.98 Å². The van der Waals surface area contributed by atoms with Crippen molar-refractivity contribution in [3.8, 4) is 56.7 Å². The Labute approximate surface area is 330 Å². The van der Waals surface area contributed by atoms with Gasteiger partial charge in [-0.15, -0.1) is 11.3 Å². The first-order valence-corrected chi connectivity index (χ1v) is 20.0. The molecule has 6 heteroatoms. The van der Waals surface area contributed by atoms with Crippen molar-refractivity contribution in [1.29, 1.82) is 0 Å². The molecule has 8 aromatic carbocycles. The van der Waals surface area contributed by atoms with Gasteiger partial charge in [0.05, 0.1) is 27.8 Å². The molecule has 1 aliphatic rings. The SMILES string of the molecule is c1ccc(-c2nc(-c3cccc4sc5ccccc5c34)nc(-n3c4ccccc4c4ccc5c6cccc7c6n(c5c43)-c3ccccc3-c3ccccc3-7)n2)cc1. The van der Waals surface area contributed by atoms with Crippen molar-refractivity contribution in [3.63, 3.8) is 0 Å². The molecule has 13 rings (SSSR count). The van der Waals surface area contributed by atoms with Gasteiger partial charge in [0.2, 0.25) is 5.95 Å². The second-order valence-corrected chi connectivity index (χ2v) is 15.8. The van der Waals surface area contributed by atoms with Gasteiger partial charge in [-0.1, -0.05) is 152 Å². The Kier molecular flexibility index (Phi) is 6.26. The van der Waals surface area contributed by atoms with Crippen LogP contribution in [0.5, 0.6) is 0 Å². The molecule has 12 aromatic rings. The fourth-order valence-corrected chi connectivity index (χ4v) is 10.5. The number of hydrogen-bond acceptors (Lipinski definition) is 4. The molecular formula is C51H29N5S. The molecule has 264 valence electrons. The summed E-state index contributed by atoms with van der Waals surface area (Å²) in [7, 11) is 0. The van der Waals surface area contributed by atoms with E-state index in [9.17, 15) is 0 Å². The summed E-state index contributed by atoms with van der Waals surface area (Å²) in [6.45, 7) is 0. The van der Waals surface area contributed by atoms with Gasteiger partial charge in [0.25, 0.3) is 0 Å². The van der Waals surface area contributed by atoms with Crippen LogP contribution in [-0.2, 0) is 0 Å². The van der Waals surface area contributed by atoms with Gasteiger partial charge in [-0.3, -0.25) is 4.57 Å². The van der Waals surface area contributed by atoms with Crippen LogP contribution in [0.3, 0.4) is 0 Å². The van der Waals surface area contributed by atoms with Gasteiger partial charge < -0.3 is 4.57 Å². The minimum atomic E-state index is 0.581. The van der Waals surface area contributed by atoms with Crippen molar-refractivity contribution in [2.75, 3.05) is 0 Å². The molecule has 0 atom stereocenters. The molecule has 0 spiro atoms. The minimum absolute atomic E-state index is 0.581. The van der Waals surface area contributed by atoms with Crippen LogP contribution >= 0.6 is 11.3 Å². The van der Waals surface area contributed by atoms with Gasteiger partial charge >= 0.3 is 0 Å². The molecule has 1 aliphatic heterocycles. The fraction of sp³-hybridized carbons (Fsp3) is 0. The Morgan fingerprint density at radius 2 is 0.930 bits per heavy atom. The van der Waals surface area contributed by atoms with Gasteiger partial charge in [0.15, 0.2) is 11.6 Å². The second-order valence-electron chi connectivity index (χ2n) is 14.7. The smallest absolute Gasteiger partial charge is 0.238 e. The average molecular weight is 744 g/mol. The molecule has 0 bridgehead atoms. The summed E-state index contributed by atoms with van der Waals surface area (Å²) in [6, 6.07) is 63.0. The molecule has 0 unspecified atom stereocenters. The molecular weight excluding hydrogens is 715 g/mol. The number of aromatic nitrogens is 5. The van der Waals surface area contributed by atoms with Crippen LogP contribution in [-0.4, -0.2) is 24.1 Å². The van der Waals surface area contributed by atoms with Crippen molar-refractivity contribution < 1.29 is 0 Å². The van der Waals surface area contributed by atoms with E-state index >= 15 is 0 Å². The second kappa shape index (κ2) is 11.6. The third-order valence-corrected chi connectivity index (χ3v) is 12.9. The monoisotopic (exact) mass is 743 g/mol. The van der Waals surface area contributed by atoms with E-state index in [1.165, 1.54) is 58.7 Å². The minimum Gasteiger partial charge on any atom is -0.306 e. The molecule has 0 saturated heterocycles. The molecule has 4 aromatic heterocycles. The highest BCUT2D eigenvalue weighted by molar-refractivity contribution is 7.25. The molecule has 0 aliphatic carbocycles. The molecule has 57 heavy (non-hydrogen) atoms. The summed E-state index contributed by atoms with van der Waals surface area (Å²) >= 11 is 1.80. The Morgan fingerprint density at radius 1 is 0.351 bits per heavy atom. The summed E-state index contributed by atoms with van der Waals surface area (Å²) in [5, 5.41) is 7.07. The van der Waals surface area contributed by atoms with Crippen LogP contribution in [0.2, 0.25) is 0 Å². The summed E-state index contributed by atoms with van der Waals surface area (Å²) in [4.78, 5) is 16.1. The molecule has 0 amide bonds. The Balaban J connectivity index is 1.21. The number of thiophene rings is 1. The normalized spacial score (nSPS) is 12.2. The van der Waals surface area contributed by atoms with E-state index < -0.39 is 0 Å². The Hall–Kier alpha value is -7.41. The maximum atomic E-state index is 5.49. The molecule has 5 nitrogen and oxygen atoms in total. The zero-order chi connectivity index (χ0) is 37.2. The van der Waals surface area contributed by atoms with Crippen molar-refractivity contribution in [2.45, 2.75) is 0 Å². The van der Waals surface area contributed by atoms with Crippen LogP contribution in [0.1, 0.15) is 0 Å². The predicted molar refractivity (Wildman–Crippen MR) is 237 cm³/mol. The fourth-order valence-electron chi connectivity index (χ4n) is 9.38. The maximum Gasteiger partial charge on any atom is 0.238 e. The maximum absolute atomic E-state index is 5.49.